The van der Waals surface area contributed by atoms with Crippen LogP contribution >= 0.6 is 23.1 Å². The Kier molecular flexibility index (Phi) is 15.6. The van der Waals surface area contributed by atoms with E-state index in [9.17, 15) is 5.26 Å². The van der Waals surface area contributed by atoms with Gasteiger partial charge in [0.2, 0.25) is 0 Å². The van der Waals surface area contributed by atoms with Gasteiger partial charge in [0.1, 0.15) is 11.1 Å². The van der Waals surface area contributed by atoms with Gasteiger partial charge < -0.3 is 16.0 Å². The number of piperidine rings is 1. The van der Waals surface area contributed by atoms with Crippen LogP contribution in [0.3, 0.4) is 0 Å². The van der Waals surface area contributed by atoms with Gasteiger partial charge >= 0.3 is 0 Å². The van der Waals surface area contributed by atoms with E-state index in [2.05, 4.69) is 40.0 Å². The maximum atomic E-state index is 9.46. The molecule has 1 aliphatic rings. The van der Waals surface area contributed by atoms with E-state index in [-0.39, 0.29) is 0 Å². The highest BCUT2D eigenvalue weighted by Gasteiger charge is 2.12. The molecule has 176 valence electrons. The van der Waals surface area contributed by atoms with Gasteiger partial charge in [0.15, 0.2) is 0 Å². The summed E-state index contributed by atoms with van der Waals surface area (Å²) in [7, 11) is 1.50. The van der Waals surface area contributed by atoms with Crippen LogP contribution in [0.15, 0.2) is 36.5 Å². The Morgan fingerprint density at radius 1 is 1.28 bits per heavy atom. The number of rotatable bonds is 9. The first-order chi connectivity index (χ1) is 15.8. The van der Waals surface area contributed by atoms with E-state index < -0.39 is 0 Å². The monoisotopic (exact) mass is 473 g/mol. The molecule has 3 N–H and O–H groups in total. The number of nitrogens with one attached hydrogen (secondary N) is 1. The average molecular weight is 474 g/mol. The number of likely N-dealkylation sites (tertiary alicyclic amines) is 1. The predicted molar refractivity (Wildman–Crippen MR) is 143 cm³/mol. The molecule has 0 unspecified atom stereocenters. The van der Waals surface area contributed by atoms with Crippen LogP contribution in [0.5, 0.6) is 0 Å². The molecule has 2 aromatic rings. The Morgan fingerprint density at radius 2 is 2.03 bits per heavy atom. The van der Waals surface area contributed by atoms with Crippen molar-refractivity contribution in [2.45, 2.75) is 46.5 Å². The van der Waals surface area contributed by atoms with Gasteiger partial charge in [-0.15, -0.1) is 23.1 Å². The number of thiophene rings is 1. The van der Waals surface area contributed by atoms with Crippen molar-refractivity contribution in [3.63, 3.8) is 0 Å². The number of nitrogens with two attached hydrogens (primary N) is 1. The first-order valence-electron chi connectivity index (χ1n) is 11.6. The summed E-state index contributed by atoms with van der Waals surface area (Å²) in [5.74, 6) is 0.981. The first kappa shape index (κ1) is 28.2. The van der Waals surface area contributed by atoms with E-state index >= 15 is 0 Å². The highest BCUT2D eigenvalue weighted by molar-refractivity contribution is 8.08. The highest BCUT2D eigenvalue weighted by atomic mass is 32.2. The third-order valence-corrected chi connectivity index (χ3v) is 7.17. The fraction of sp³-hybridized carbons (Fsp3) is 0.520. The summed E-state index contributed by atoms with van der Waals surface area (Å²) in [6, 6.07) is 10.4. The molecule has 1 aliphatic heterocycles. The molecule has 3 heterocycles. The zero-order valence-corrected chi connectivity index (χ0v) is 21.7. The normalized spacial score (nSPS) is 13.8. The van der Waals surface area contributed by atoms with Gasteiger partial charge in [-0.05, 0) is 64.5 Å². The molecule has 0 radical (unpaired) electrons. The van der Waals surface area contributed by atoms with E-state index in [0.29, 0.717) is 0 Å². The molecule has 0 spiro atoms. The molecule has 7 heteroatoms. The third-order valence-electron chi connectivity index (χ3n) is 4.85. The van der Waals surface area contributed by atoms with E-state index in [1.807, 2.05) is 56.1 Å². The van der Waals surface area contributed by atoms with Crippen LogP contribution in [0.1, 0.15) is 56.2 Å². The molecule has 0 saturated carbocycles. The zero-order chi connectivity index (χ0) is 23.6. The van der Waals surface area contributed by atoms with Crippen molar-refractivity contribution in [3.8, 4) is 6.07 Å². The number of thioether (sulfide) groups is 1. The van der Waals surface area contributed by atoms with Crippen LogP contribution < -0.4 is 11.1 Å². The lowest BCUT2D eigenvalue weighted by molar-refractivity contribution is 0.237. The summed E-state index contributed by atoms with van der Waals surface area (Å²) < 4.78 is 0. The van der Waals surface area contributed by atoms with Crippen LogP contribution in [0.2, 0.25) is 0 Å². The minimum Gasteiger partial charge on any atom is -0.375 e. The van der Waals surface area contributed by atoms with E-state index in [1.54, 1.807) is 11.3 Å². The standard InChI is InChI=1S/C22H28N4S2.C2H6.CH5N/c1-2-21(20-8-4-5-10-24-20)27-15-9-19-16-18(17-23)22(28-19)25-11-14-26-12-6-3-7-13-26;2*1-2/h2,4-5,8,10,16,25H,3,6-7,9,11-15H2,1H3;1-2H3;2H2,1H3/b21-2-;;. The first-order valence-corrected chi connectivity index (χ1v) is 13.4. The summed E-state index contributed by atoms with van der Waals surface area (Å²) >= 11 is 3.55. The molecule has 0 bridgehead atoms. The van der Waals surface area contributed by atoms with Gasteiger partial charge in [-0.2, -0.15) is 5.26 Å². The second kappa shape index (κ2) is 17.7. The van der Waals surface area contributed by atoms with Crippen molar-refractivity contribution in [2.24, 2.45) is 5.73 Å². The van der Waals surface area contributed by atoms with Gasteiger partial charge in [0, 0.05) is 34.8 Å². The second-order valence-electron chi connectivity index (χ2n) is 6.86. The van der Waals surface area contributed by atoms with E-state index in [0.717, 1.165) is 41.5 Å². The summed E-state index contributed by atoms with van der Waals surface area (Å²) in [4.78, 5) is 9.42. The van der Waals surface area contributed by atoms with Crippen molar-refractivity contribution < 1.29 is 0 Å². The van der Waals surface area contributed by atoms with Crippen molar-refractivity contribution in [2.75, 3.05) is 44.3 Å². The number of hydrogen-bond donors (Lipinski definition) is 2. The molecule has 0 aromatic carbocycles. The topological polar surface area (TPSA) is 78.0 Å². The maximum Gasteiger partial charge on any atom is 0.107 e. The SMILES string of the molecule is C/C=C(\SCCc1cc(C#N)c(NCCN2CCCCC2)s1)c1ccccn1.CC.CN. The van der Waals surface area contributed by atoms with Gasteiger partial charge in [-0.3, -0.25) is 4.98 Å². The number of allylic oxidation sites excluding steroid dienone is 1. The number of aryl methyl sites for hydroxylation is 1. The van der Waals surface area contributed by atoms with Crippen LogP contribution in [-0.2, 0) is 6.42 Å². The van der Waals surface area contributed by atoms with E-state index in [1.165, 1.54) is 49.2 Å². The number of pyridine rings is 1. The molecule has 3 rings (SSSR count). The lowest BCUT2D eigenvalue weighted by atomic mass is 10.1. The Bertz CT molecular complexity index is 805. The summed E-state index contributed by atoms with van der Waals surface area (Å²) in [6.07, 6.45) is 8.91. The minimum absolute atomic E-state index is 0.777. The highest BCUT2D eigenvalue weighted by Crippen LogP contribution is 2.31. The molecule has 2 aromatic heterocycles. The van der Waals surface area contributed by atoms with Gasteiger partial charge in [0.05, 0.1) is 11.3 Å². The number of aromatic nitrogens is 1. The van der Waals surface area contributed by atoms with Crippen molar-refractivity contribution in [1.29, 1.82) is 5.26 Å². The summed E-state index contributed by atoms with van der Waals surface area (Å²) in [6.45, 7) is 10.4. The molecule has 32 heavy (non-hydrogen) atoms. The maximum absolute atomic E-state index is 9.46. The summed E-state index contributed by atoms with van der Waals surface area (Å²) in [5.41, 5.74) is 6.30. The average Bonchev–Trinajstić information content (AvgIpc) is 3.27. The van der Waals surface area contributed by atoms with Crippen molar-refractivity contribution >= 4 is 33.0 Å². The lowest BCUT2D eigenvalue weighted by Gasteiger charge is -2.26. The summed E-state index contributed by atoms with van der Waals surface area (Å²) in [5, 5.41) is 14.0. The Hall–Kier alpha value is -1.85. The Balaban J connectivity index is 0.00000121. The van der Waals surface area contributed by atoms with Crippen molar-refractivity contribution in [1.82, 2.24) is 9.88 Å². The fourth-order valence-corrected chi connectivity index (χ4v) is 5.50. The van der Waals surface area contributed by atoms with Gasteiger partial charge in [0.25, 0.3) is 0 Å². The Morgan fingerprint density at radius 3 is 2.66 bits per heavy atom. The molecule has 1 saturated heterocycles. The zero-order valence-electron chi connectivity index (χ0n) is 20.1. The van der Waals surface area contributed by atoms with Crippen LogP contribution in [0.25, 0.3) is 4.91 Å². The van der Waals surface area contributed by atoms with Crippen molar-refractivity contribution in [3.05, 3.63) is 52.7 Å². The second-order valence-corrected chi connectivity index (χ2v) is 9.14. The molecular weight excluding hydrogens is 434 g/mol. The van der Waals surface area contributed by atoms with Gasteiger partial charge in [-0.1, -0.05) is 32.4 Å². The third kappa shape index (κ3) is 9.74. The van der Waals surface area contributed by atoms with E-state index in [4.69, 9.17) is 0 Å². The predicted octanol–water partition coefficient (Wildman–Crippen LogP) is 5.85. The Labute approximate surface area is 203 Å². The van der Waals surface area contributed by atoms with Crippen LogP contribution in [0, 0.1) is 11.3 Å². The number of anilines is 1. The van der Waals surface area contributed by atoms with Crippen LogP contribution in [0.4, 0.5) is 5.00 Å². The fourth-order valence-electron chi connectivity index (χ4n) is 3.37. The minimum atomic E-state index is 0.777. The molecule has 0 aliphatic carbocycles. The quantitative estimate of drug-likeness (QED) is 0.476. The molecular formula is C25H39N5S2. The number of nitrogens with zero attached hydrogens (tertiary/aromatic N) is 3. The molecule has 5 nitrogen and oxygen atoms in total. The van der Waals surface area contributed by atoms with Gasteiger partial charge in [-0.25, -0.2) is 0 Å². The number of nitriles is 1. The van der Waals surface area contributed by atoms with Crippen LogP contribution in [-0.4, -0.2) is 48.9 Å². The smallest absolute Gasteiger partial charge is 0.107 e. The molecule has 1 fully saturated rings. The largest absolute Gasteiger partial charge is 0.375 e. The number of hydrogen-bond acceptors (Lipinski definition) is 7. The molecule has 0 atom stereocenters. The molecule has 0 amide bonds. The lowest BCUT2D eigenvalue weighted by Crippen LogP contribution is -2.33.